The highest BCUT2D eigenvalue weighted by Gasteiger charge is 2.21. The van der Waals surface area contributed by atoms with Gasteiger partial charge in [0.1, 0.15) is 11.6 Å². The van der Waals surface area contributed by atoms with Crippen molar-refractivity contribution in [3.05, 3.63) is 35.4 Å². The lowest BCUT2D eigenvalue weighted by Crippen LogP contribution is -2.42. The van der Waals surface area contributed by atoms with Crippen molar-refractivity contribution >= 4 is 17.7 Å². The molecule has 2 N–H and O–H groups in total. The molecular formula is C12H15F2NO2S. The maximum Gasteiger partial charge on any atom is 0.251 e. The van der Waals surface area contributed by atoms with Crippen molar-refractivity contribution in [1.29, 1.82) is 0 Å². The minimum Gasteiger partial charge on any atom is -0.387 e. The Hall–Kier alpha value is -1.14. The van der Waals surface area contributed by atoms with Gasteiger partial charge >= 0.3 is 0 Å². The predicted octanol–water partition coefficient (Wildman–Crippen LogP) is 1.81. The molecule has 1 atom stereocenters. The molecule has 1 rings (SSSR count). The van der Waals surface area contributed by atoms with E-state index in [1.165, 1.54) is 11.8 Å². The molecule has 0 aliphatic rings. The van der Waals surface area contributed by atoms with E-state index < -0.39 is 23.1 Å². The molecule has 0 saturated carbocycles. The second-order valence-corrected chi connectivity index (χ2v) is 5.14. The van der Waals surface area contributed by atoms with Crippen molar-refractivity contribution in [2.24, 2.45) is 0 Å². The molecule has 1 amide bonds. The van der Waals surface area contributed by atoms with Crippen LogP contribution in [0, 0.1) is 11.6 Å². The van der Waals surface area contributed by atoms with E-state index >= 15 is 0 Å². The molecule has 0 fully saturated rings. The topological polar surface area (TPSA) is 49.3 Å². The Morgan fingerprint density at radius 1 is 1.39 bits per heavy atom. The van der Waals surface area contributed by atoms with Crippen LogP contribution >= 0.6 is 11.8 Å². The molecule has 0 heterocycles. The lowest BCUT2D eigenvalue weighted by atomic mass is 10.1. The van der Waals surface area contributed by atoms with Gasteiger partial charge in [0.05, 0.1) is 5.60 Å². The van der Waals surface area contributed by atoms with Gasteiger partial charge in [-0.3, -0.25) is 4.79 Å². The lowest BCUT2D eigenvalue weighted by molar-refractivity contribution is 0.0724. The minimum atomic E-state index is -1.05. The molecule has 0 saturated heterocycles. The van der Waals surface area contributed by atoms with Crippen LogP contribution in [-0.4, -0.2) is 35.2 Å². The summed E-state index contributed by atoms with van der Waals surface area (Å²) in [6.07, 6.45) is 1.83. The third-order valence-corrected chi connectivity index (χ3v) is 3.12. The molecule has 0 aliphatic carbocycles. The Balaban J connectivity index is 2.66. The predicted molar refractivity (Wildman–Crippen MR) is 67.7 cm³/mol. The first-order valence-corrected chi connectivity index (χ1v) is 6.69. The number of nitrogens with one attached hydrogen (secondary N) is 1. The number of carbonyl (C=O) groups excluding carboxylic acids is 1. The van der Waals surface area contributed by atoms with Gasteiger partial charge in [0, 0.05) is 23.9 Å². The van der Waals surface area contributed by atoms with E-state index in [1.807, 2.05) is 6.26 Å². The van der Waals surface area contributed by atoms with Gasteiger partial charge in [-0.15, -0.1) is 0 Å². The number of rotatable bonds is 5. The van der Waals surface area contributed by atoms with E-state index in [1.54, 1.807) is 6.92 Å². The van der Waals surface area contributed by atoms with E-state index in [4.69, 9.17) is 0 Å². The van der Waals surface area contributed by atoms with E-state index in [9.17, 15) is 18.7 Å². The Morgan fingerprint density at radius 2 is 1.94 bits per heavy atom. The fraction of sp³-hybridized carbons (Fsp3) is 0.417. The summed E-state index contributed by atoms with van der Waals surface area (Å²) >= 11 is 1.44. The molecule has 6 heteroatoms. The summed E-state index contributed by atoms with van der Waals surface area (Å²) in [6.45, 7) is 1.60. The van der Waals surface area contributed by atoms with Crippen LogP contribution in [0.1, 0.15) is 17.3 Å². The van der Waals surface area contributed by atoms with Crippen LogP contribution in [0.15, 0.2) is 18.2 Å². The van der Waals surface area contributed by atoms with E-state index in [2.05, 4.69) is 5.32 Å². The third kappa shape index (κ3) is 4.62. The van der Waals surface area contributed by atoms with Gasteiger partial charge in [0.25, 0.3) is 5.91 Å². The molecule has 3 nitrogen and oxygen atoms in total. The smallest absolute Gasteiger partial charge is 0.251 e. The zero-order valence-electron chi connectivity index (χ0n) is 10.2. The van der Waals surface area contributed by atoms with Crippen molar-refractivity contribution in [2.45, 2.75) is 12.5 Å². The van der Waals surface area contributed by atoms with Crippen molar-refractivity contribution in [3.63, 3.8) is 0 Å². The number of carbonyl (C=O) groups is 1. The van der Waals surface area contributed by atoms with Crippen LogP contribution in [0.5, 0.6) is 0 Å². The number of amides is 1. The molecule has 1 aromatic carbocycles. The molecule has 0 spiro atoms. The summed E-state index contributed by atoms with van der Waals surface area (Å²) in [5.41, 5.74) is -1.16. The number of aliphatic hydroxyl groups is 1. The Bertz CT molecular complexity index is 418. The monoisotopic (exact) mass is 275 g/mol. The fourth-order valence-electron chi connectivity index (χ4n) is 1.42. The third-order valence-electron chi connectivity index (χ3n) is 2.21. The van der Waals surface area contributed by atoms with Crippen LogP contribution in [0.2, 0.25) is 0 Å². The first kappa shape index (κ1) is 14.9. The molecule has 0 aliphatic heterocycles. The average Bonchev–Trinajstić information content (AvgIpc) is 2.24. The van der Waals surface area contributed by atoms with Crippen molar-refractivity contribution in [2.75, 3.05) is 18.6 Å². The first-order valence-electron chi connectivity index (χ1n) is 5.30. The Labute approximate surface area is 109 Å². The minimum absolute atomic E-state index is 0.0187. The normalized spacial score (nSPS) is 14.1. The standard InChI is InChI=1S/C12H15F2NO2S/c1-12(17,7-18-2)6-15-11(16)8-3-9(13)5-10(14)4-8/h3-5,17H,6-7H2,1-2H3,(H,15,16). The van der Waals surface area contributed by atoms with Gasteiger partial charge < -0.3 is 10.4 Å². The van der Waals surface area contributed by atoms with Crippen molar-refractivity contribution in [1.82, 2.24) is 5.32 Å². The largest absolute Gasteiger partial charge is 0.387 e. The number of halogens is 2. The molecule has 1 unspecified atom stereocenters. The number of thioether (sulfide) groups is 1. The molecular weight excluding hydrogens is 260 g/mol. The summed E-state index contributed by atoms with van der Waals surface area (Å²) in [5, 5.41) is 12.3. The molecule has 18 heavy (non-hydrogen) atoms. The van der Waals surface area contributed by atoms with Crippen LogP contribution in [0.3, 0.4) is 0 Å². The number of hydrogen-bond donors (Lipinski definition) is 2. The summed E-state index contributed by atoms with van der Waals surface area (Å²) in [5.74, 6) is -1.79. The number of hydrogen-bond acceptors (Lipinski definition) is 3. The van der Waals surface area contributed by atoms with Crippen LogP contribution in [0.25, 0.3) is 0 Å². The first-order chi connectivity index (χ1) is 8.34. The molecule has 100 valence electrons. The highest BCUT2D eigenvalue weighted by molar-refractivity contribution is 7.98. The van der Waals surface area contributed by atoms with Crippen LogP contribution < -0.4 is 5.32 Å². The summed E-state index contributed by atoms with van der Waals surface area (Å²) in [6, 6.07) is 2.59. The SMILES string of the molecule is CSCC(C)(O)CNC(=O)c1cc(F)cc(F)c1. The lowest BCUT2D eigenvalue weighted by Gasteiger charge is -2.22. The molecule has 1 aromatic rings. The molecule has 0 aromatic heterocycles. The van der Waals surface area contributed by atoms with Gasteiger partial charge in [-0.05, 0) is 25.3 Å². The Morgan fingerprint density at radius 3 is 2.44 bits per heavy atom. The van der Waals surface area contributed by atoms with E-state index in [-0.39, 0.29) is 12.1 Å². The van der Waals surface area contributed by atoms with E-state index in [0.29, 0.717) is 11.8 Å². The van der Waals surface area contributed by atoms with Crippen LogP contribution in [0.4, 0.5) is 8.78 Å². The maximum absolute atomic E-state index is 12.9. The molecule has 0 bridgehead atoms. The highest BCUT2D eigenvalue weighted by Crippen LogP contribution is 2.11. The zero-order chi connectivity index (χ0) is 13.8. The second kappa shape index (κ2) is 6.15. The molecule has 0 radical (unpaired) electrons. The quantitative estimate of drug-likeness (QED) is 0.861. The highest BCUT2D eigenvalue weighted by atomic mass is 32.2. The zero-order valence-corrected chi connectivity index (χ0v) is 11.0. The van der Waals surface area contributed by atoms with Gasteiger partial charge in [0.15, 0.2) is 0 Å². The van der Waals surface area contributed by atoms with Crippen molar-refractivity contribution in [3.8, 4) is 0 Å². The fourth-order valence-corrected chi connectivity index (χ4v) is 2.14. The average molecular weight is 275 g/mol. The van der Waals surface area contributed by atoms with Gasteiger partial charge in [-0.1, -0.05) is 0 Å². The summed E-state index contributed by atoms with van der Waals surface area (Å²) in [4.78, 5) is 11.6. The van der Waals surface area contributed by atoms with Gasteiger partial charge in [-0.2, -0.15) is 11.8 Å². The van der Waals surface area contributed by atoms with Gasteiger partial charge in [0.2, 0.25) is 0 Å². The summed E-state index contributed by atoms with van der Waals surface area (Å²) < 4.78 is 25.8. The van der Waals surface area contributed by atoms with Crippen molar-refractivity contribution < 1.29 is 18.7 Å². The summed E-state index contributed by atoms with van der Waals surface area (Å²) in [7, 11) is 0. The number of benzene rings is 1. The Kier molecular flexibility index (Phi) is 5.10. The second-order valence-electron chi connectivity index (χ2n) is 4.27. The van der Waals surface area contributed by atoms with Gasteiger partial charge in [-0.25, -0.2) is 8.78 Å². The van der Waals surface area contributed by atoms with Crippen LogP contribution in [-0.2, 0) is 0 Å². The maximum atomic E-state index is 12.9. The van der Waals surface area contributed by atoms with E-state index in [0.717, 1.165) is 12.1 Å².